The third kappa shape index (κ3) is 4.45. The van der Waals surface area contributed by atoms with Gasteiger partial charge in [-0.1, -0.05) is 12.1 Å². The van der Waals surface area contributed by atoms with Crippen LogP contribution >= 0.6 is 11.3 Å². The van der Waals surface area contributed by atoms with E-state index in [4.69, 9.17) is 0 Å². The van der Waals surface area contributed by atoms with Gasteiger partial charge in [0, 0.05) is 17.4 Å². The lowest BCUT2D eigenvalue weighted by molar-refractivity contribution is 0.103. The number of rotatable bonds is 5. The number of halogens is 2. The number of carbonyl (C=O) groups excluding carboxylic acids is 1. The van der Waals surface area contributed by atoms with Crippen LogP contribution in [0.2, 0.25) is 0 Å². The van der Waals surface area contributed by atoms with Crippen molar-refractivity contribution in [3.63, 3.8) is 0 Å². The Labute approximate surface area is 181 Å². The molecule has 31 heavy (non-hydrogen) atoms. The molecule has 0 N–H and O–H groups in total. The van der Waals surface area contributed by atoms with Crippen LogP contribution in [0.15, 0.2) is 77.7 Å². The van der Waals surface area contributed by atoms with Crippen LogP contribution in [-0.4, -0.2) is 25.4 Å². The van der Waals surface area contributed by atoms with Gasteiger partial charge in [-0.25, -0.2) is 22.2 Å². The SMILES string of the molecule is CS(=O)(=O)c1ccc(-c2sc(C(=O)c3ccc(F)cc3)nc2-c2ccc(F)cc2)cc1. The molecule has 3 aromatic carbocycles. The molecule has 0 amide bonds. The van der Waals surface area contributed by atoms with Crippen molar-refractivity contribution in [2.24, 2.45) is 0 Å². The van der Waals surface area contributed by atoms with Gasteiger partial charge >= 0.3 is 0 Å². The van der Waals surface area contributed by atoms with Gasteiger partial charge in [0.2, 0.25) is 5.78 Å². The molecule has 4 nitrogen and oxygen atoms in total. The summed E-state index contributed by atoms with van der Waals surface area (Å²) in [5.74, 6) is -1.22. The first-order valence-electron chi connectivity index (χ1n) is 9.10. The monoisotopic (exact) mass is 455 g/mol. The van der Waals surface area contributed by atoms with Gasteiger partial charge in [-0.15, -0.1) is 11.3 Å². The summed E-state index contributed by atoms with van der Waals surface area (Å²) < 4.78 is 50.1. The van der Waals surface area contributed by atoms with Gasteiger partial charge in [0.15, 0.2) is 14.8 Å². The largest absolute Gasteiger partial charge is 0.286 e. The summed E-state index contributed by atoms with van der Waals surface area (Å²) >= 11 is 1.13. The van der Waals surface area contributed by atoms with Crippen molar-refractivity contribution in [2.75, 3.05) is 6.26 Å². The number of thiazole rings is 1. The van der Waals surface area contributed by atoms with Gasteiger partial charge < -0.3 is 0 Å². The van der Waals surface area contributed by atoms with Crippen LogP contribution in [0.5, 0.6) is 0 Å². The van der Waals surface area contributed by atoms with Gasteiger partial charge in [-0.2, -0.15) is 0 Å². The first-order valence-corrected chi connectivity index (χ1v) is 11.8. The molecule has 0 aliphatic heterocycles. The zero-order valence-corrected chi connectivity index (χ0v) is 17.8. The summed E-state index contributed by atoms with van der Waals surface area (Å²) in [5, 5.41) is 0.188. The number of nitrogens with zero attached hydrogens (tertiary/aromatic N) is 1. The molecular weight excluding hydrogens is 440 g/mol. The molecule has 0 atom stereocenters. The molecule has 4 aromatic rings. The van der Waals surface area contributed by atoms with Gasteiger partial charge in [0.05, 0.1) is 15.5 Å². The molecule has 0 radical (unpaired) electrons. The van der Waals surface area contributed by atoms with Gasteiger partial charge in [0.25, 0.3) is 0 Å². The minimum absolute atomic E-state index is 0.173. The Morgan fingerprint density at radius 2 is 1.32 bits per heavy atom. The Bertz CT molecular complexity index is 1360. The molecule has 1 heterocycles. The van der Waals surface area contributed by atoms with E-state index in [1.54, 1.807) is 24.3 Å². The third-order valence-electron chi connectivity index (χ3n) is 4.59. The zero-order valence-electron chi connectivity index (χ0n) is 16.2. The molecule has 4 rings (SSSR count). The molecule has 156 valence electrons. The third-order valence-corrected chi connectivity index (χ3v) is 6.82. The topological polar surface area (TPSA) is 64.1 Å². The van der Waals surface area contributed by atoms with Crippen LogP contribution in [0.1, 0.15) is 15.4 Å². The number of aromatic nitrogens is 1. The van der Waals surface area contributed by atoms with Crippen molar-refractivity contribution < 1.29 is 22.0 Å². The van der Waals surface area contributed by atoms with E-state index >= 15 is 0 Å². The van der Waals surface area contributed by atoms with E-state index < -0.39 is 21.5 Å². The molecule has 0 aliphatic carbocycles. The van der Waals surface area contributed by atoms with Crippen LogP contribution < -0.4 is 0 Å². The minimum atomic E-state index is -3.36. The molecule has 0 aliphatic rings. The van der Waals surface area contributed by atoms with E-state index in [0.717, 1.165) is 17.6 Å². The number of benzene rings is 3. The molecular formula is C23H15F2NO3S2. The Hall–Kier alpha value is -3.23. The van der Waals surface area contributed by atoms with Crippen molar-refractivity contribution in [1.82, 2.24) is 4.98 Å². The maximum atomic E-state index is 13.4. The molecule has 1 aromatic heterocycles. The van der Waals surface area contributed by atoms with Crippen LogP contribution in [0.25, 0.3) is 21.7 Å². The molecule has 0 unspecified atom stereocenters. The highest BCUT2D eigenvalue weighted by Gasteiger charge is 2.21. The van der Waals surface area contributed by atoms with Crippen molar-refractivity contribution >= 4 is 27.0 Å². The second-order valence-electron chi connectivity index (χ2n) is 6.84. The molecule has 0 bridgehead atoms. The predicted octanol–water partition coefficient (Wildman–Crippen LogP) is 5.39. The molecule has 8 heteroatoms. The fraction of sp³-hybridized carbons (Fsp3) is 0.0435. The minimum Gasteiger partial charge on any atom is -0.286 e. The van der Waals surface area contributed by atoms with Gasteiger partial charge in [-0.3, -0.25) is 4.79 Å². The number of sulfone groups is 1. The van der Waals surface area contributed by atoms with Crippen molar-refractivity contribution in [3.8, 4) is 21.7 Å². The first-order chi connectivity index (χ1) is 14.7. The fourth-order valence-corrected chi connectivity index (χ4v) is 4.68. The van der Waals surface area contributed by atoms with E-state index in [1.165, 1.54) is 48.5 Å². The highest BCUT2D eigenvalue weighted by atomic mass is 32.2. The summed E-state index contributed by atoms with van der Waals surface area (Å²) in [6, 6.07) is 17.1. The lowest BCUT2D eigenvalue weighted by Gasteiger charge is -2.04. The molecule has 0 saturated carbocycles. The number of hydrogen-bond acceptors (Lipinski definition) is 5. The van der Waals surface area contributed by atoms with Crippen molar-refractivity contribution in [1.29, 1.82) is 0 Å². The second kappa shape index (κ2) is 8.13. The summed E-state index contributed by atoms with van der Waals surface area (Å²) in [7, 11) is -3.36. The van der Waals surface area contributed by atoms with E-state index in [0.29, 0.717) is 27.3 Å². The van der Waals surface area contributed by atoms with Crippen molar-refractivity contribution in [2.45, 2.75) is 4.90 Å². The quantitative estimate of drug-likeness (QED) is 0.379. The van der Waals surface area contributed by atoms with E-state index in [1.807, 2.05) is 0 Å². The number of carbonyl (C=O) groups is 1. The number of ketones is 1. The second-order valence-corrected chi connectivity index (χ2v) is 9.85. The Morgan fingerprint density at radius 1 is 0.806 bits per heavy atom. The van der Waals surface area contributed by atoms with E-state index in [9.17, 15) is 22.0 Å². The first kappa shape index (κ1) is 21.0. The Morgan fingerprint density at radius 3 is 1.87 bits per heavy atom. The molecule has 0 fully saturated rings. The zero-order chi connectivity index (χ0) is 22.2. The Kier molecular flexibility index (Phi) is 5.51. The lowest BCUT2D eigenvalue weighted by Crippen LogP contribution is -2.00. The van der Waals surface area contributed by atoms with Gasteiger partial charge in [-0.05, 0) is 66.2 Å². The standard InChI is InChI=1S/C23H15F2NO3S2/c1-31(28,29)19-12-6-16(7-13-19)22-20(14-2-8-17(24)9-3-14)26-23(30-22)21(27)15-4-10-18(25)11-5-15/h2-13H,1H3. The smallest absolute Gasteiger partial charge is 0.221 e. The highest BCUT2D eigenvalue weighted by Crippen LogP contribution is 2.38. The van der Waals surface area contributed by atoms with Crippen molar-refractivity contribution in [3.05, 3.63) is 95.0 Å². The fourth-order valence-electron chi connectivity index (χ4n) is 2.99. The normalized spacial score (nSPS) is 11.5. The average Bonchev–Trinajstić information content (AvgIpc) is 3.19. The molecule has 0 spiro atoms. The lowest BCUT2D eigenvalue weighted by atomic mass is 10.1. The van der Waals surface area contributed by atoms with E-state index in [2.05, 4.69) is 4.98 Å². The van der Waals surface area contributed by atoms with E-state index in [-0.39, 0.29) is 15.7 Å². The summed E-state index contributed by atoms with van der Waals surface area (Å²) in [5.41, 5.74) is 2.04. The number of hydrogen-bond donors (Lipinski definition) is 0. The molecule has 0 saturated heterocycles. The van der Waals surface area contributed by atoms with Crippen LogP contribution in [0.3, 0.4) is 0 Å². The van der Waals surface area contributed by atoms with Gasteiger partial charge in [0.1, 0.15) is 11.6 Å². The van der Waals surface area contributed by atoms with Crippen LogP contribution in [-0.2, 0) is 9.84 Å². The predicted molar refractivity (Wildman–Crippen MR) is 116 cm³/mol. The summed E-state index contributed by atoms with van der Waals surface area (Å²) in [6.45, 7) is 0. The maximum Gasteiger partial charge on any atom is 0.221 e. The van der Waals surface area contributed by atoms with Crippen LogP contribution in [0.4, 0.5) is 8.78 Å². The summed E-state index contributed by atoms with van der Waals surface area (Å²) in [4.78, 5) is 18.2. The summed E-state index contributed by atoms with van der Waals surface area (Å²) in [6.07, 6.45) is 1.12. The Balaban J connectivity index is 1.83. The maximum absolute atomic E-state index is 13.4. The average molecular weight is 456 g/mol. The highest BCUT2D eigenvalue weighted by molar-refractivity contribution is 7.90. The van der Waals surface area contributed by atoms with Crippen LogP contribution in [0, 0.1) is 11.6 Å².